The predicted molar refractivity (Wildman–Crippen MR) is 75.0 cm³/mol. The number of aliphatic carboxylic acids is 1. The molecule has 0 amide bonds. The first-order valence-electron chi connectivity index (χ1n) is 5.85. The van der Waals surface area contributed by atoms with E-state index in [2.05, 4.69) is 11.8 Å². The molecule has 5 heteroatoms. The number of nitrogens with zero attached hydrogens (tertiary/aromatic N) is 2. The number of aliphatic hydroxyl groups excluding tert-OH is 1. The van der Waals surface area contributed by atoms with Crippen molar-refractivity contribution in [3.8, 4) is 17.9 Å². The third-order valence-corrected chi connectivity index (χ3v) is 2.53. The van der Waals surface area contributed by atoms with E-state index < -0.39 is 11.5 Å². The van der Waals surface area contributed by atoms with Crippen molar-refractivity contribution in [2.24, 2.45) is 0 Å². The van der Waals surface area contributed by atoms with Gasteiger partial charge in [0.25, 0.3) is 0 Å². The number of hydrogen-bond donors (Lipinski definition) is 2. The van der Waals surface area contributed by atoms with Gasteiger partial charge in [-0.05, 0) is 24.3 Å². The highest BCUT2D eigenvalue weighted by Crippen LogP contribution is 2.12. The third kappa shape index (κ3) is 4.49. The Bertz CT molecular complexity index is 601. The van der Waals surface area contributed by atoms with Crippen LogP contribution in [0.4, 0.5) is 5.69 Å². The Morgan fingerprint density at radius 1 is 1.40 bits per heavy atom. The Labute approximate surface area is 117 Å². The second-order valence-electron chi connectivity index (χ2n) is 3.94. The van der Waals surface area contributed by atoms with Crippen LogP contribution in [0.5, 0.6) is 0 Å². The van der Waals surface area contributed by atoms with Gasteiger partial charge in [-0.2, -0.15) is 5.26 Å². The lowest BCUT2D eigenvalue weighted by atomic mass is 10.2. The molecular formula is C15H14N2O3. The lowest BCUT2D eigenvalue weighted by molar-refractivity contribution is -0.132. The van der Waals surface area contributed by atoms with E-state index in [1.54, 1.807) is 18.2 Å². The number of benzene rings is 1. The Morgan fingerprint density at radius 2 is 2.05 bits per heavy atom. The smallest absolute Gasteiger partial charge is 0.347 e. The molecule has 0 aliphatic heterocycles. The van der Waals surface area contributed by atoms with Gasteiger partial charge in [-0.1, -0.05) is 11.8 Å². The molecule has 1 aromatic rings. The number of aliphatic hydroxyl groups is 1. The van der Waals surface area contributed by atoms with Crippen LogP contribution in [0.1, 0.15) is 5.56 Å². The second-order valence-corrected chi connectivity index (χ2v) is 3.94. The Balaban J connectivity index is 2.82. The van der Waals surface area contributed by atoms with Crippen molar-refractivity contribution < 1.29 is 15.0 Å². The van der Waals surface area contributed by atoms with E-state index in [0.29, 0.717) is 12.1 Å². The number of nitriles is 1. The summed E-state index contributed by atoms with van der Waals surface area (Å²) in [5, 5.41) is 26.0. The van der Waals surface area contributed by atoms with Crippen molar-refractivity contribution >= 4 is 11.7 Å². The fourth-order valence-corrected chi connectivity index (χ4v) is 1.41. The molecule has 0 unspecified atom stereocenters. The molecule has 0 aliphatic carbocycles. The molecule has 0 aromatic heterocycles. The summed E-state index contributed by atoms with van der Waals surface area (Å²) in [5.41, 5.74) is 1.27. The molecule has 0 spiro atoms. The van der Waals surface area contributed by atoms with Crippen LogP contribution in [0.25, 0.3) is 0 Å². The zero-order valence-corrected chi connectivity index (χ0v) is 11.0. The predicted octanol–water partition coefficient (Wildman–Crippen LogP) is 1.00. The molecule has 1 rings (SSSR count). The zero-order chi connectivity index (χ0) is 15.0. The van der Waals surface area contributed by atoms with E-state index in [1.807, 2.05) is 24.1 Å². The Hall–Kier alpha value is -2.76. The van der Waals surface area contributed by atoms with E-state index in [9.17, 15) is 4.79 Å². The lowest BCUT2D eigenvalue weighted by Gasteiger charge is -2.17. The molecule has 20 heavy (non-hydrogen) atoms. The average Bonchev–Trinajstić information content (AvgIpc) is 2.44. The number of hydrogen-bond acceptors (Lipinski definition) is 4. The molecular weight excluding hydrogens is 256 g/mol. The third-order valence-electron chi connectivity index (χ3n) is 2.53. The SMILES string of the molecule is CN(CCO)c1ccc(C#C/C=C(\C#N)C(=O)O)cc1. The van der Waals surface area contributed by atoms with E-state index in [4.69, 9.17) is 15.5 Å². The largest absolute Gasteiger partial charge is 0.477 e. The van der Waals surface area contributed by atoms with E-state index in [1.165, 1.54) is 0 Å². The van der Waals surface area contributed by atoms with Gasteiger partial charge < -0.3 is 15.1 Å². The van der Waals surface area contributed by atoms with Crippen LogP contribution in [0.3, 0.4) is 0 Å². The number of allylic oxidation sites excluding steroid dienone is 1. The van der Waals surface area contributed by atoms with Crippen molar-refractivity contribution in [3.63, 3.8) is 0 Å². The van der Waals surface area contributed by atoms with Crippen LogP contribution >= 0.6 is 0 Å². The van der Waals surface area contributed by atoms with Gasteiger partial charge in [0.1, 0.15) is 11.6 Å². The molecule has 0 atom stereocenters. The second kappa shape index (κ2) is 7.63. The van der Waals surface area contributed by atoms with Crippen molar-refractivity contribution in [2.75, 3.05) is 25.1 Å². The summed E-state index contributed by atoms with van der Waals surface area (Å²) in [6, 6.07) is 8.84. The van der Waals surface area contributed by atoms with Gasteiger partial charge in [0.15, 0.2) is 0 Å². The maximum atomic E-state index is 10.6. The van der Waals surface area contributed by atoms with Gasteiger partial charge >= 0.3 is 5.97 Å². The molecule has 0 aliphatic rings. The number of carboxylic acids is 1. The minimum Gasteiger partial charge on any atom is -0.477 e. The highest BCUT2D eigenvalue weighted by molar-refractivity contribution is 5.91. The summed E-state index contributed by atoms with van der Waals surface area (Å²) in [5.74, 6) is 4.00. The molecule has 1 aromatic carbocycles. The zero-order valence-electron chi connectivity index (χ0n) is 11.0. The van der Waals surface area contributed by atoms with Gasteiger partial charge in [0.05, 0.1) is 6.61 Å². The van der Waals surface area contributed by atoms with Crippen LogP contribution in [0.2, 0.25) is 0 Å². The maximum absolute atomic E-state index is 10.6. The summed E-state index contributed by atoms with van der Waals surface area (Å²) in [6.07, 6.45) is 1.08. The number of carbonyl (C=O) groups is 1. The van der Waals surface area contributed by atoms with Gasteiger partial charge in [-0.3, -0.25) is 0 Å². The van der Waals surface area contributed by atoms with Crippen molar-refractivity contribution in [3.05, 3.63) is 41.5 Å². The number of carboxylic acid groups (broad SMARTS) is 1. The van der Waals surface area contributed by atoms with Crippen LogP contribution in [-0.4, -0.2) is 36.4 Å². The molecule has 5 nitrogen and oxygen atoms in total. The topological polar surface area (TPSA) is 84.6 Å². The highest BCUT2D eigenvalue weighted by atomic mass is 16.4. The first-order valence-corrected chi connectivity index (χ1v) is 5.85. The minimum atomic E-state index is -1.29. The number of rotatable bonds is 4. The molecule has 0 saturated carbocycles. The maximum Gasteiger partial charge on any atom is 0.347 e. The first kappa shape index (κ1) is 15.3. The monoisotopic (exact) mass is 270 g/mol. The molecule has 2 N–H and O–H groups in total. The summed E-state index contributed by atoms with van der Waals surface area (Å²) in [7, 11) is 1.87. The minimum absolute atomic E-state index is 0.0783. The normalized spacial score (nSPS) is 10.2. The Morgan fingerprint density at radius 3 is 2.55 bits per heavy atom. The van der Waals surface area contributed by atoms with Crippen LogP contribution in [0, 0.1) is 23.2 Å². The average molecular weight is 270 g/mol. The van der Waals surface area contributed by atoms with Crippen LogP contribution < -0.4 is 4.90 Å². The number of likely N-dealkylation sites (N-methyl/N-ethyl adjacent to an activating group) is 1. The number of anilines is 1. The van der Waals surface area contributed by atoms with E-state index in [-0.39, 0.29) is 6.61 Å². The summed E-state index contributed by atoms with van der Waals surface area (Å²) in [6.45, 7) is 0.618. The quantitative estimate of drug-likeness (QED) is 0.484. The van der Waals surface area contributed by atoms with Gasteiger partial charge in [0, 0.05) is 30.9 Å². The first-order chi connectivity index (χ1) is 9.58. The van der Waals surface area contributed by atoms with Gasteiger partial charge in [0.2, 0.25) is 0 Å². The standard InChI is InChI=1S/C15H14N2O3/c1-17(9-10-18)14-7-5-12(6-8-14)3-2-4-13(11-16)15(19)20/h4-8,18H,9-10H2,1H3,(H,19,20)/b13-4+. The van der Waals surface area contributed by atoms with Crippen LogP contribution in [-0.2, 0) is 4.79 Å². The summed E-state index contributed by atoms with van der Waals surface area (Å²) in [4.78, 5) is 12.5. The van der Waals surface area contributed by atoms with Crippen molar-refractivity contribution in [1.82, 2.24) is 0 Å². The molecule has 0 saturated heterocycles. The molecule has 0 radical (unpaired) electrons. The van der Waals surface area contributed by atoms with Crippen molar-refractivity contribution in [1.29, 1.82) is 5.26 Å². The molecule has 0 bridgehead atoms. The summed E-state index contributed by atoms with van der Waals surface area (Å²) >= 11 is 0. The lowest BCUT2D eigenvalue weighted by Crippen LogP contribution is -2.20. The van der Waals surface area contributed by atoms with Crippen molar-refractivity contribution in [2.45, 2.75) is 0 Å². The highest BCUT2D eigenvalue weighted by Gasteiger charge is 2.02. The molecule has 0 fully saturated rings. The molecule has 0 heterocycles. The fourth-order valence-electron chi connectivity index (χ4n) is 1.41. The van der Waals surface area contributed by atoms with Gasteiger partial charge in [-0.25, -0.2) is 4.79 Å². The fraction of sp³-hybridized carbons (Fsp3) is 0.200. The Kier molecular flexibility index (Phi) is 5.83. The summed E-state index contributed by atoms with van der Waals surface area (Å²) < 4.78 is 0. The molecule has 102 valence electrons. The van der Waals surface area contributed by atoms with E-state index in [0.717, 1.165) is 11.8 Å². The van der Waals surface area contributed by atoms with E-state index >= 15 is 0 Å². The van der Waals surface area contributed by atoms with Gasteiger partial charge in [-0.15, -0.1) is 0 Å². The van der Waals surface area contributed by atoms with Crippen LogP contribution in [0.15, 0.2) is 35.9 Å².